The lowest BCUT2D eigenvalue weighted by Crippen LogP contribution is -2.00. The highest BCUT2D eigenvalue weighted by molar-refractivity contribution is 7.26. The molecular formula is C51H29N3OS2. The molecule has 4 nitrogen and oxygen atoms in total. The second kappa shape index (κ2) is 12.8. The van der Waals surface area contributed by atoms with E-state index in [4.69, 9.17) is 19.4 Å². The van der Waals surface area contributed by atoms with Gasteiger partial charge in [-0.1, -0.05) is 133 Å². The summed E-state index contributed by atoms with van der Waals surface area (Å²) in [5.41, 5.74) is 8.91. The van der Waals surface area contributed by atoms with Gasteiger partial charge >= 0.3 is 0 Å². The molecule has 0 saturated heterocycles. The maximum atomic E-state index is 7.04. The van der Waals surface area contributed by atoms with Crippen molar-refractivity contribution in [2.75, 3.05) is 0 Å². The van der Waals surface area contributed by atoms with Crippen LogP contribution in [-0.4, -0.2) is 15.0 Å². The highest BCUT2D eigenvalue weighted by Crippen LogP contribution is 2.48. The van der Waals surface area contributed by atoms with E-state index in [1.54, 1.807) is 0 Å². The number of fused-ring (bicyclic) bond motifs is 9. The van der Waals surface area contributed by atoms with Gasteiger partial charge in [-0.2, -0.15) is 0 Å². The molecule has 0 fully saturated rings. The first-order valence-electron chi connectivity index (χ1n) is 18.9. The lowest BCUT2D eigenvalue weighted by Gasteiger charge is -2.12. The van der Waals surface area contributed by atoms with Crippen LogP contribution in [-0.2, 0) is 0 Å². The van der Waals surface area contributed by atoms with Gasteiger partial charge in [0.25, 0.3) is 0 Å². The molecule has 12 rings (SSSR count). The average Bonchev–Trinajstić information content (AvgIpc) is 3.98. The Morgan fingerprint density at radius 1 is 0.333 bits per heavy atom. The first-order chi connectivity index (χ1) is 28.2. The number of thiophene rings is 2. The van der Waals surface area contributed by atoms with Gasteiger partial charge in [0.05, 0.1) is 0 Å². The van der Waals surface area contributed by atoms with Crippen molar-refractivity contribution in [3.63, 3.8) is 0 Å². The third-order valence-electron chi connectivity index (χ3n) is 10.9. The van der Waals surface area contributed by atoms with Crippen LogP contribution in [0.25, 0.3) is 119 Å². The molecule has 0 amide bonds. The molecule has 0 bridgehead atoms. The molecule has 6 heteroatoms. The van der Waals surface area contributed by atoms with Crippen molar-refractivity contribution in [2.24, 2.45) is 0 Å². The summed E-state index contributed by atoms with van der Waals surface area (Å²) >= 11 is 3.68. The highest BCUT2D eigenvalue weighted by Gasteiger charge is 2.23. The van der Waals surface area contributed by atoms with Gasteiger partial charge in [-0.15, -0.1) is 22.7 Å². The molecule has 12 aromatic rings. The summed E-state index contributed by atoms with van der Waals surface area (Å²) in [4.78, 5) is 15.3. The van der Waals surface area contributed by atoms with Gasteiger partial charge in [0.15, 0.2) is 17.5 Å². The third kappa shape index (κ3) is 5.15. The smallest absolute Gasteiger partial charge is 0.164 e. The van der Waals surface area contributed by atoms with Crippen LogP contribution < -0.4 is 0 Å². The summed E-state index contributed by atoms with van der Waals surface area (Å²) < 4.78 is 12.1. The fraction of sp³-hybridized carbons (Fsp3) is 0. The number of hydrogen-bond donors (Lipinski definition) is 0. The molecular weight excluding hydrogens is 735 g/mol. The number of aromatic nitrogens is 3. The Morgan fingerprint density at radius 2 is 0.842 bits per heavy atom. The minimum absolute atomic E-state index is 0.597. The SMILES string of the molecule is c1ccc(-c2nc(-c3ccccc3)nc(-c3cccc4oc5c(-c6cccc7sc8ccccc8c67)cc(-c6cccc7sc8ccccc8c67)cc5c34)n2)cc1. The van der Waals surface area contributed by atoms with Crippen LogP contribution in [0.15, 0.2) is 180 Å². The molecule has 0 aliphatic rings. The maximum absolute atomic E-state index is 7.04. The summed E-state index contributed by atoms with van der Waals surface area (Å²) in [7, 11) is 0. The monoisotopic (exact) mass is 763 g/mol. The van der Waals surface area contributed by atoms with Crippen molar-refractivity contribution in [2.45, 2.75) is 0 Å². The van der Waals surface area contributed by atoms with E-state index in [0.717, 1.165) is 55.3 Å². The fourth-order valence-corrected chi connectivity index (χ4v) is 10.7. The van der Waals surface area contributed by atoms with E-state index < -0.39 is 0 Å². The number of rotatable bonds is 5. The van der Waals surface area contributed by atoms with E-state index >= 15 is 0 Å². The van der Waals surface area contributed by atoms with E-state index in [2.05, 4.69) is 109 Å². The molecule has 266 valence electrons. The van der Waals surface area contributed by atoms with Crippen LogP contribution in [0.3, 0.4) is 0 Å². The first kappa shape index (κ1) is 32.3. The van der Waals surface area contributed by atoms with Crippen LogP contribution in [0.1, 0.15) is 0 Å². The Kier molecular flexibility index (Phi) is 7.24. The zero-order valence-corrected chi connectivity index (χ0v) is 31.9. The molecule has 0 atom stereocenters. The van der Waals surface area contributed by atoms with E-state index in [9.17, 15) is 0 Å². The lowest BCUT2D eigenvalue weighted by atomic mass is 9.91. The molecule has 0 aliphatic heterocycles. The number of furan rings is 1. The summed E-state index contributed by atoms with van der Waals surface area (Å²) in [5, 5.41) is 7.03. The largest absolute Gasteiger partial charge is 0.455 e. The molecule has 0 N–H and O–H groups in total. The Morgan fingerprint density at radius 3 is 1.49 bits per heavy atom. The molecule has 8 aromatic carbocycles. The minimum atomic E-state index is 0.597. The topological polar surface area (TPSA) is 51.8 Å². The van der Waals surface area contributed by atoms with E-state index in [1.165, 1.54) is 45.9 Å². The summed E-state index contributed by atoms with van der Waals surface area (Å²) in [6, 6.07) is 61.9. The Hall–Kier alpha value is -6.99. The van der Waals surface area contributed by atoms with Crippen LogP contribution in [0, 0.1) is 0 Å². The summed E-state index contributed by atoms with van der Waals surface area (Å²) in [6.45, 7) is 0. The van der Waals surface area contributed by atoms with Gasteiger partial charge in [-0.25, -0.2) is 15.0 Å². The Balaban J connectivity index is 1.20. The van der Waals surface area contributed by atoms with Gasteiger partial charge in [-0.3, -0.25) is 0 Å². The molecule has 4 aromatic heterocycles. The van der Waals surface area contributed by atoms with Crippen molar-refractivity contribution in [1.29, 1.82) is 0 Å². The molecule has 0 spiro atoms. The van der Waals surface area contributed by atoms with Crippen molar-refractivity contribution in [1.82, 2.24) is 15.0 Å². The fourth-order valence-electron chi connectivity index (χ4n) is 8.41. The zero-order valence-electron chi connectivity index (χ0n) is 30.3. The Labute approximate surface area is 335 Å². The Bertz CT molecular complexity index is 3470. The van der Waals surface area contributed by atoms with Crippen LogP contribution in [0.2, 0.25) is 0 Å². The normalized spacial score (nSPS) is 11.9. The zero-order chi connectivity index (χ0) is 37.5. The average molecular weight is 764 g/mol. The third-order valence-corrected chi connectivity index (χ3v) is 13.2. The van der Waals surface area contributed by atoms with Crippen LogP contribution in [0.5, 0.6) is 0 Å². The second-order valence-electron chi connectivity index (χ2n) is 14.3. The highest BCUT2D eigenvalue weighted by atomic mass is 32.1. The summed E-state index contributed by atoms with van der Waals surface area (Å²) in [5.74, 6) is 1.84. The molecule has 0 unspecified atom stereocenters. The van der Waals surface area contributed by atoms with Gasteiger partial charge in [0.2, 0.25) is 0 Å². The molecule has 4 heterocycles. The van der Waals surface area contributed by atoms with Crippen molar-refractivity contribution in [3.8, 4) is 56.4 Å². The van der Waals surface area contributed by atoms with Crippen molar-refractivity contribution < 1.29 is 4.42 Å². The van der Waals surface area contributed by atoms with Crippen molar-refractivity contribution >= 4 is 85.0 Å². The molecule has 0 aliphatic carbocycles. The summed E-state index contributed by atoms with van der Waals surface area (Å²) in [6.07, 6.45) is 0. The van der Waals surface area contributed by atoms with Gasteiger partial charge in [0.1, 0.15) is 11.2 Å². The standard InChI is InChI=1S/C51H29N3OS2/c1-3-14-30(15-4-1)49-52-50(31-16-5-2-6-17-31)54-51(53-49)37-22-11-23-40-45(37)39-29-32(33-20-12-26-43-46(33)35-18-7-9-24-41(35)56-43)28-38(48(39)55-40)34-21-13-27-44-47(34)36-19-8-10-25-42(36)57-44/h1-29H. The number of benzene rings is 8. The van der Waals surface area contributed by atoms with E-state index in [1.807, 2.05) is 89.4 Å². The predicted octanol–water partition coefficient (Wildman–Crippen LogP) is 14.8. The molecule has 57 heavy (non-hydrogen) atoms. The number of hydrogen-bond acceptors (Lipinski definition) is 6. The lowest BCUT2D eigenvalue weighted by molar-refractivity contribution is 0.670. The van der Waals surface area contributed by atoms with Crippen molar-refractivity contribution in [3.05, 3.63) is 176 Å². The maximum Gasteiger partial charge on any atom is 0.164 e. The van der Waals surface area contributed by atoms with E-state index in [-0.39, 0.29) is 0 Å². The first-order valence-corrected chi connectivity index (χ1v) is 20.6. The van der Waals surface area contributed by atoms with Gasteiger partial charge in [0, 0.05) is 73.4 Å². The number of nitrogens with zero attached hydrogens (tertiary/aromatic N) is 3. The minimum Gasteiger partial charge on any atom is -0.455 e. The van der Waals surface area contributed by atoms with Crippen LogP contribution in [0.4, 0.5) is 0 Å². The van der Waals surface area contributed by atoms with E-state index in [0.29, 0.717) is 17.5 Å². The second-order valence-corrected chi connectivity index (χ2v) is 16.4. The quantitative estimate of drug-likeness (QED) is 0.175. The van der Waals surface area contributed by atoms with Gasteiger partial charge in [-0.05, 0) is 59.2 Å². The molecule has 0 radical (unpaired) electrons. The van der Waals surface area contributed by atoms with Crippen LogP contribution >= 0.6 is 22.7 Å². The van der Waals surface area contributed by atoms with Gasteiger partial charge < -0.3 is 4.42 Å². The predicted molar refractivity (Wildman–Crippen MR) is 240 cm³/mol. The molecule has 0 saturated carbocycles.